The van der Waals surface area contributed by atoms with Gasteiger partial charge in [-0.15, -0.1) is 11.3 Å². The highest BCUT2D eigenvalue weighted by Gasteiger charge is 2.27. The third kappa shape index (κ3) is 3.09. The monoisotopic (exact) mass is 396 g/mol. The highest BCUT2D eigenvalue weighted by molar-refractivity contribution is 7.20. The maximum absolute atomic E-state index is 13.1. The molecule has 4 rings (SSSR count). The molecule has 2 aromatic heterocycles. The second-order valence-corrected chi connectivity index (χ2v) is 8.39. The molecule has 3 aromatic rings. The lowest BCUT2D eigenvalue weighted by Gasteiger charge is -2.37. The second-order valence-electron chi connectivity index (χ2n) is 7.39. The molecule has 0 radical (unpaired) electrons. The Hall–Kier alpha value is -2.67. The number of nitrogens with zero attached hydrogens (tertiary/aromatic N) is 3. The zero-order valence-corrected chi connectivity index (χ0v) is 17.4. The number of aromatic nitrogens is 2. The van der Waals surface area contributed by atoms with Gasteiger partial charge in [-0.25, -0.2) is 4.98 Å². The molecule has 0 bridgehead atoms. The number of hydrogen-bond donors (Lipinski definition) is 1. The fourth-order valence-corrected chi connectivity index (χ4v) is 5.02. The van der Waals surface area contributed by atoms with E-state index in [9.17, 15) is 9.59 Å². The van der Waals surface area contributed by atoms with E-state index in [0.29, 0.717) is 34.0 Å². The highest BCUT2D eigenvalue weighted by Crippen LogP contribution is 2.29. The van der Waals surface area contributed by atoms with Crippen molar-refractivity contribution in [3.63, 3.8) is 0 Å². The van der Waals surface area contributed by atoms with Crippen LogP contribution >= 0.6 is 11.3 Å². The van der Waals surface area contributed by atoms with Gasteiger partial charge in [-0.2, -0.15) is 0 Å². The minimum Gasteiger partial charge on any atom is -0.368 e. The first kappa shape index (κ1) is 18.7. The van der Waals surface area contributed by atoms with Crippen LogP contribution in [0.2, 0.25) is 0 Å². The van der Waals surface area contributed by atoms with Gasteiger partial charge in [0, 0.05) is 31.9 Å². The number of anilines is 1. The number of nitrogens with one attached hydrogen (secondary N) is 1. The van der Waals surface area contributed by atoms with Crippen LogP contribution in [0.15, 0.2) is 23.0 Å². The van der Waals surface area contributed by atoms with Crippen molar-refractivity contribution in [1.29, 1.82) is 0 Å². The van der Waals surface area contributed by atoms with Crippen LogP contribution in [0.3, 0.4) is 0 Å². The van der Waals surface area contributed by atoms with Gasteiger partial charge in [0.25, 0.3) is 11.5 Å². The molecule has 1 amide bonds. The van der Waals surface area contributed by atoms with E-state index in [4.69, 9.17) is 0 Å². The number of H-pyrrole nitrogens is 1. The smallest absolute Gasteiger partial charge is 0.264 e. The number of carbonyl (C=O) groups is 1. The predicted molar refractivity (Wildman–Crippen MR) is 114 cm³/mol. The summed E-state index contributed by atoms with van der Waals surface area (Å²) < 4.78 is 0. The summed E-state index contributed by atoms with van der Waals surface area (Å²) in [5, 5.41) is 0.535. The summed E-state index contributed by atoms with van der Waals surface area (Å²) in [4.78, 5) is 38.0. The van der Waals surface area contributed by atoms with E-state index in [2.05, 4.69) is 46.9 Å². The van der Waals surface area contributed by atoms with Gasteiger partial charge in [0.15, 0.2) is 0 Å². The number of fused-ring (bicyclic) bond motifs is 1. The van der Waals surface area contributed by atoms with E-state index < -0.39 is 0 Å². The first-order chi connectivity index (χ1) is 13.4. The molecule has 0 atom stereocenters. The van der Waals surface area contributed by atoms with Gasteiger partial charge in [-0.1, -0.05) is 12.1 Å². The molecular formula is C21H24N4O2S. The predicted octanol–water partition coefficient (Wildman–Crippen LogP) is 3.18. The standard InChI is InChI=1S/C21H24N4O2S/c1-12-6-5-7-16(13(12)2)24-8-10-25(11-9-24)21(27)18-14(3)17-19(26)22-15(4)23-20(17)28-18/h5-7H,8-11H2,1-4H3,(H,22,23,26). The number of aromatic amines is 1. The molecule has 0 aliphatic carbocycles. The van der Waals surface area contributed by atoms with Crippen molar-refractivity contribution in [1.82, 2.24) is 14.9 Å². The Bertz CT molecular complexity index is 1120. The maximum Gasteiger partial charge on any atom is 0.264 e. The van der Waals surface area contributed by atoms with Gasteiger partial charge in [0.1, 0.15) is 10.7 Å². The molecule has 3 heterocycles. The minimum absolute atomic E-state index is 0.00170. The van der Waals surface area contributed by atoms with Crippen LogP contribution in [0, 0.1) is 27.7 Å². The third-order valence-corrected chi connectivity index (χ3v) is 6.77. The first-order valence-electron chi connectivity index (χ1n) is 9.47. The molecule has 1 aliphatic rings. The summed E-state index contributed by atoms with van der Waals surface area (Å²) in [5.41, 5.74) is 4.38. The summed E-state index contributed by atoms with van der Waals surface area (Å²) in [6.07, 6.45) is 0. The van der Waals surface area contributed by atoms with Crippen molar-refractivity contribution >= 4 is 33.1 Å². The van der Waals surface area contributed by atoms with Gasteiger partial charge in [-0.3, -0.25) is 9.59 Å². The van der Waals surface area contributed by atoms with Crippen LogP contribution < -0.4 is 10.5 Å². The summed E-state index contributed by atoms with van der Waals surface area (Å²) in [6, 6.07) is 6.36. The SMILES string of the molecule is Cc1nc2sc(C(=O)N3CCN(c4cccc(C)c4C)CC3)c(C)c2c(=O)[nH]1. The Kier molecular flexibility index (Phi) is 4.71. The molecule has 1 N–H and O–H groups in total. The zero-order chi connectivity index (χ0) is 20.0. The first-order valence-corrected chi connectivity index (χ1v) is 10.3. The maximum atomic E-state index is 13.1. The van der Waals surface area contributed by atoms with E-state index in [1.807, 2.05) is 11.8 Å². The summed E-state index contributed by atoms with van der Waals surface area (Å²) >= 11 is 1.32. The Balaban J connectivity index is 1.56. The number of piperazine rings is 1. The molecule has 1 saturated heterocycles. The minimum atomic E-state index is -0.171. The average molecular weight is 397 g/mol. The molecule has 146 valence electrons. The summed E-state index contributed by atoms with van der Waals surface area (Å²) in [5.74, 6) is 0.568. The molecule has 7 heteroatoms. The molecule has 0 unspecified atom stereocenters. The molecular weight excluding hydrogens is 372 g/mol. The topological polar surface area (TPSA) is 69.3 Å². The number of amides is 1. The Morgan fingerprint density at radius 3 is 2.50 bits per heavy atom. The fraction of sp³-hybridized carbons (Fsp3) is 0.381. The molecule has 1 fully saturated rings. The number of benzene rings is 1. The van der Waals surface area contributed by atoms with E-state index in [1.165, 1.54) is 28.2 Å². The van der Waals surface area contributed by atoms with Crippen molar-refractivity contribution < 1.29 is 4.79 Å². The van der Waals surface area contributed by atoms with Crippen molar-refractivity contribution in [2.75, 3.05) is 31.1 Å². The molecule has 28 heavy (non-hydrogen) atoms. The number of aryl methyl sites for hydroxylation is 3. The van der Waals surface area contributed by atoms with Crippen molar-refractivity contribution in [2.24, 2.45) is 0 Å². The van der Waals surface area contributed by atoms with Crippen LogP contribution in [0.1, 0.15) is 32.2 Å². The van der Waals surface area contributed by atoms with E-state index in [0.717, 1.165) is 18.7 Å². The number of rotatable bonds is 2. The van der Waals surface area contributed by atoms with Crippen molar-refractivity contribution in [3.8, 4) is 0 Å². The second kappa shape index (κ2) is 7.05. The number of carbonyl (C=O) groups excluding carboxylic acids is 1. The quantitative estimate of drug-likeness (QED) is 0.722. The van der Waals surface area contributed by atoms with Crippen LogP contribution in [0.4, 0.5) is 5.69 Å². The van der Waals surface area contributed by atoms with Gasteiger partial charge < -0.3 is 14.8 Å². The summed E-state index contributed by atoms with van der Waals surface area (Å²) in [7, 11) is 0. The lowest BCUT2D eigenvalue weighted by Crippen LogP contribution is -2.49. The van der Waals surface area contributed by atoms with Crippen LogP contribution in [-0.2, 0) is 0 Å². The summed E-state index contributed by atoms with van der Waals surface area (Å²) in [6.45, 7) is 10.8. The average Bonchev–Trinajstić information content (AvgIpc) is 3.00. The largest absolute Gasteiger partial charge is 0.368 e. The van der Waals surface area contributed by atoms with Gasteiger partial charge in [0.2, 0.25) is 0 Å². The van der Waals surface area contributed by atoms with Gasteiger partial charge in [0.05, 0.1) is 10.3 Å². The lowest BCUT2D eigenvalue weighted by molar-refractivity contribution is 0.0751. The Morgan fingerprint density at radius 1 is 1.07 bits per heavy atom. The van der Waals surface area contributed by atoms with E-state index >= 15 is 0 Å². The normalized spacial score (nSPS) is 14.7. The van der Waals surface area contributed by atoms with Crippen molar-refractivity contribution in [2.45, 2.75) is 27.7 Å². The van der Waals surface area contributed by atoms with E-state index in [1.54, 1.807) is 6.92 Å². The third-order valence-electron chi connectivity index (χ3n) is 5.60. The fourth-order valence-electron chi connectivity index (χ4n) is 3.83. The van der Waals surface area contributed by atoms with Gasteiger partial charge >= 0.3 is 0 Å². The van der Waals surface area contributed by atoms with Crippen LogP contribution in [0.25, 0.3) is 10.2 Å². The Labute approximate surface area is 167 Å². The molecule has 6 nitrogen and oxygen atoms in total. The Morgan fingerprint density at radius 2 is 1.79 bits per heavy atom. The number of hydrogen-bond acceptors (Lipinski definition) is 5. The van der Waals surface area contributed by atoms with Crippen LogP contribution in [-0.4, -0.2) is 47.0 Å². The van der Waals surface area contributed by atoms with Crippen molar-refractivity contribution in [3.05, 3.63) is 55.9 Å². The zero-order valence-electron chi connectivity index (χ0n) is 16.6. The van der Waals surface area contributed by atoms with Crippen LogP contribution in [0.5, 0.6) is 0 Å². The van der Waals surface area contributed by atoms with E-state index in [-0.39, 0.29) is 11.5 Å². The molecule has 1 aromatic carbocycles. The molecule has 0 saturated carbocycles. The number of thiophene rings is 1. The van der Waals surface area contributed by atoms with Gasteiger partial charge in [-0.05, 0) is 50.5 Å². The highest BCUT2D eigenvalue weighted by atomic mass is 32.1. The molecule has 1 aliphatic heterocycles. The molecule has 0 spiro atoms. The lowest BCUT2D eigenvalue weighted by atomic mass is 10.1.